The molecule has 4 N–H and O–H groups in total. The number of piperidine rings is 1. The Morgan fingerprint density at radius 3 is 1.43 bits per heavy atom. The van der Waals surface area contributed by atoms with Gasteiger partial charge < -0.3 is 49.3 Å². The molecule has 0 spiro atoms. The van der Waals surface area contributed by atoms with Crippen molar-refractivity contribution in [3.8, 4) is 33.6 Å². The molecule has 2 aromatic heterocycles. The summed E-state index contributed by atoms with van der Waals surface area (Å²) in [4.78, 5) is 72.1. The summed E-state index contributed by atoms with van der Waals surface area (Å²) in [5, 5.41) is 5.57. The Labute approximate surface area is 374 Å². The second kappa shape index (κ2) is 17.8. The SMILES string of the molecule is COC(=O)N[C@H](C(=O)N1C2CC2C[C@H]1c1nc(-c2ccc(-c3ccc(-c4nc([C@@H]5CC6CC[C@H]6N5C(=O)[C@@H](NC(=O)OC)C5CCOCC5)[nH]c4F)cc3)cc2)c(F)[nH]1)C1CCOCC1. The zero-order valence-electron chi connectivity index (χ0n) is 36.4. The summed E-state index contributed by atoms with van der Waals surface area (Å²) < 4.78 is 52.3. The van der Waals surface area contributed by atoms with Crippen LogP contribution in [0.5, 0.6) is 0 Å². The number of ether oxygens (including phenoxy) is 4. The third-order valence-electron chi connectivity index (χ3n) is 14.8. The first kappa shape index (κ1) is 43.0. The number of halogens is 2. The van der Waals surface area contributed by atoms with Gasteiger partial charge in [0.25, 0.3) is 0 Å². The van der Waals surface area contributed by atoms with Crippen LogP contribution in [-0.4, -0.2) is 119 Å². The number of likely N-dealkylation sites (tertiary alicyclic amines) is 2. The van der Waals surface area contributed by atoms with Crippen molar-refractivity contribution in [3.05, 3.63) is 72.1 Å². The van der Waals surface area contributed by atoms with Crippen molar-refractivity contribution in [1.82, 2.24) is 40.4 Å². The number of fused-ring (bicyclic) bond motifs is 2. The number of rotatable bonds is 11. The van der Waals surface area contributed by atoms with Gasteiger partial charge in [-0.3, -0.25) is 9.59 Å². The molecule has 2 aromatic carbocycles. The Hall–Kier alpha value is -5.88. The highest BCUT2D eigenvalue weighted by Gasteiger charge is 2.57. The lowest BCUT2D eigenvalue weighted by molar-refractivity contribution is -0.140. The van der Waals surface area contributed by atoms with Gasteiger partial charge in [-0.25, -0.2) is 19.6 Å². The number of hydrogen-bond acceptors (Lipinski definition) is 10. The minimum Gasteiger partial charge on any atom is -0.453 e. The molecular weight excluding hydrogens is 843 g/mol. The van der Waals surface area contributed by atoms with Crippen LogP contribution in [0.2, 0.25) is 0 Å². The van der Waals surface area contributed by atoms with E-state index in [4.69, 9.17) is 28.9 Å². The van der Waals surface area contributed by atoms with Crippen molar-refractivity contribution in [3.63, 3.8) is 0 Å². The van der Waals surface area contributed by atoms with Crippen molar-refractivity contribution in [1.29, 1.82) is 0 Å². The quantitative estimate of drug-likeness (QED) is 0.131. The molecule has 2 aliphatic carbocycles. The number of carbonyl (C=O) groups excluding carboxylic acids is 4. The molecule has 344 valence electrons. The molecule has 16 nitrogen and oxygen atoms in total. The number of alkyl carbamates (subject to hydrolysis) is 2. The predicted octanol–water partition coefficient (Wildman–Crippen LogP) is 6.43. The summed E-state index contributed by atoms with van der Waals surface area (Å²) in [5.41, 5.74) is 3.09. The smallest absolute Gasteiger partial charge is 0.407 e. The van der Waals surface area contributed by atoms with E-state index in [2.05, 4.69) is 20.6 Å². The molecule has 4 saturated heterocycles. The molecule has 18 heteroatoms. The summed E-state index contributed by atoms with van der Waals surface area (Å²) in [5.74, 6) is -0.576. The van der Waals surface area contributed by atoms with Gasteiger partial charge in [0.05, 0.1) is 26.3 Å². The minimum absolute atomic E-state index is 0.00470. The molecule has 6 heterocycles. The van der Waals surface area contributed by atoms with Gasteiger partial charge >= 0.3 is 12.2 Å². The normalized spacial score (nSPS) is 26.1. The molecule has 6 fully saturated rings. The van der Waals surface area contributed by atoms with E-state index < -0.39 is 48.2 Å². The molecule has 10 rings (SSSR count). The van der Waals surface area contributed by atoms with Crippen molar-refractivity contribution >= 4 is 24.0 Å². The summed E-state index contributed by atoms with van der Waals surface area (Å²) >= 11 is 0. The van der Waals surface area contributed by atoms with Gasteiger partial charge in [-0.05, 0) is 92.6 Å². The fourth-order valence-electron chi connectivity index (χ4n) is 11.0. The number of nitrogens with one attached hydrogen (secondary N) is 4. The van der Waals surface area contributed by atoms with Crippen LogP contribution >= 0.6 is 0 Å². The Balaban J connectivity index is 0.835. The van der Waals surface area contributed by atoms with Crippen molar-refractivity contribution in [2.24, 2.45) is 23.7 Å². The number of carbonyl (C=O) groups is 4. The average molecular weight is 897 g/mol. The Kier molecular flexibility index (Phi) is 11.8. The van der Waals surface area contributed by atoms with Crippen molar-refractivity contribution in [2.45, 2.75) is 94.0 Å². The van der Waals surface area contributed by atoms with Crippen molar-refractivity contribution < 1.29 is 46.9 Å². The van der Waals surface area contributed by atoms with Crippen LogP contribution < -0.4 is 10.6 Å². The monoisotopic (exact) mass is 896 g/mol. The molecule has 4 amide bonds. The number of amides is 4. The third-order valence-corrected chi connectivity index (χ3v) is 14.8. The van der Waals surface area contributed by atoms with E-state index in [0.717, 1.165) is 30.4 Å². The van der Waals surface area contributed by atoms with Gasteiger partial charge in [0.2, 0.25) is 23.7 Å². The first-order valence-electron chi connectivity index (χ1n) is 22.8. The molecular formula is C47H54F2N8O8. The largest absolute Gasteiger partial charge is 0.453 e. The minimum atomic E-state index is -0.796. The van der Waals surface area contributed by atoms with E-state index in [1.54, 1.807) is 29.2 Å². The number of aromatic nitrogens is 4. The highest BCUT2D eigenvalue weighted by Crippen LogP contribution is 2.54. The maximum absolute atomic E-state index is 15.8. The number of nitrogens with zero attached hydrogens (tertiary/aromatic N) is 4. The van der Waals surface area contributed by atoms with Gasteiger partial charge in [0.15, 0.2) is 0 Å². The van der Waals surface area contributed by atoms with Gasteiger partial charge in [-0.1, -0.05) is 48.5 Å². The molecule has 65 heavy (non-hydrogen) atoms. The molecule has 0 radical (unpaired) electrons. The first-order valence-corrected chi connectivity index (χ1v) is 22.8. The Morgan fingerprint density at radius 1 is 0.600 bits per heavy atom. The van der Waals surface area contributed by atoms with E-state index >= 15 is 8.78 Å². The Morgan fingerprint density at radius 2 is 1.02 bits per heavy atom. The molecule has 0 bridgehead atoms. The lowest BCUT2D eigenvalue weighted by Gasteiger charge is -2.40. The number of methoxy groups -OCH3 is 2. The Bertz CT molecular complexity index is 2420. The van der Waals surface area contributed by atoms with E-state index in [1.165, 1.54) is 14.2 Å². The number of benzene rings is 2. The second-order valence-corrected chi connectivity index (χ2v) is 18.3. The fourth-order valence-corrected chi connectivity index (χ4v) is 11.0. The number of aromatic amines is 2. The van der Waals surface area contributed by atoms with Gasteiger partial charge in [0, 0.05) is 49.6 Å². The highest BCUT2D eigenvalue weighted by atomic mass is 19.1. The van der Waals surface area contributed by atoms with Crippen LogP contribution in [0.3, 0.4) is 0 Å². The van der Waals surface area contributed by atoms with Crippen LogP contribution in [0, 0.1) is 35.6 Å². The topological polar surface area (TPSA) is 193 Å². The van der Waals surface area contributed by atoms with Gasteiger partial charge in [0.1, 0.15) is 35.1 Å². The molecule has 8 atom stereocenters. The number of hydrogen-bond donors (Lipinski definition) is 4. The lowest BCUT2D eigenvalue weighted by Crippen LogP contribution is -2.56. The van der Waals surface area contributed by atoms with Crippen LogP contribution in [-0.2, 0) is 28.5 Å². The molecule has 4 aromatic rings. The third kappa shape index (κ3) is 8.23. The average Bonchev–Trinajstić information content (AvgIpc) is 3.55. The zero-order valence-corrected chi connectivity index (χ0v) is 36.4. The van der Waals surface area contributed by atoms with E-state index in [0.29, 0.717) is 87.7 Å². The van der Waals surface area contributed by atoms with Crippen LogP contribution in [0.25, 0.3) is 33.6 Å². The standard InChI is InChI=1S/C47H54F2N8O8/c1-62-46(60)52-38(28-13-17-64-18-14-28)44(58)56-32-12-11-30(32)21-34(56)42-50-36(40(48)54-42)26-7-3-24(4-8-26)25-5-9-27(10-6-25)37-41(49)55-43(51-37)35-23-31-22-33(31)57(35)45(59)39(53-47(61)63-2)29-15-19-65-20-16-29/h3-10,28-35,38-39H,11-23H2,1-2H3,(H,50,54)(H,51,55)(H,52,60)(H,53,61)/t30?,31?,32-,33?,34+,35+,38+,39+/m1/s1. The van der Waals surface area contributed by atoms with Crippen LogP contribution in [0.15, 0.2) is 48.5 Å². The first-order chi connectivity index (χ1) is 31.6. The highest BCUT2D eigenvalue weighted by molar-refractivity contribution is 5.88. The van der Waals surface area contributed by atoms with E-state index in [1.807, 2.05) is 29.2 Å². The van der Waals surface area contributed by atoms with Gasteiger partial charge in [-0.2, -0.15) is 8.78 Å². The second-order valence-electron chi connectivity index (χ2n) is 18.3. The number of H-pyrrole nitrogens is 2. The summed E-state index contributed by atoms with van der Waals surface area (Å²) in [6, 6.07) is 12.1. The summed E-state index contributed by atoms with van der Waals surface area (Å²) in [6.45, 7) is 2.00. The lowest BCUT2D eigenvalue weighted by atomic mass is 9.79. The van der Waals surface area contributed by atoms with Crippen LogP contribution in [0.4, 0.5) is 18.4 Å². The molecule has 4 aliphatic heterocycles. The van der Waals surface area contributed by atoms with Crippen molar-refractivity contribution in [2.75, 3.05) is 40.6 Å². The summed E-state index contributed by atoms with van der Waals surface area (Å²) in [7, 11) is 2.54. The number of imidazole rings is 2. The maximum Gasteiger partial charge on any atom is 0.407 e. The fraction of sp³-hybridized carbons (Fsp3) is 0.532. The van der Waals surface area contributed by atoms with E-state index in [9.17, 15) is 19.2 Å². The van der Waals surface area contributed by atoms with Gasteiger partial charge in [-0.15, -0.1) is 0 Å². The predicted molar refractivity (Wildman–Crippen MR) is 230 cm³/mol. The van der Waals surface area contributed by atoms with Crippen LogP contribution in [0.1, 0.15) is 81.5 Å². The zero-order chi connectivity index (χ0) is 44.9. The maximum atomic E-state index is 15.8. The summed E-state index contributed by atoms with van der Waals surface area (Å²) in [6.07, 6.45) is 5.10. The van der Waals surface area contributed by atoms with E-state index in [-0.39, 0.29) is 59.0 Å². The molecule has 2 saturated carbocycles. The molecule has 3 unspecified atom stereocenters. The molecule has 6 aliphatic rings.